The van der Waals surface area contributed by atoms with Crippen LogP contribution in [0.3, 0.4) is 0 Å². The number of aliphatic hydroxyl groups excluding tert-OH is 1. The lowest BCUT2D eigenvalue weighted by atomic mass is 10.1. The van der Waals surface area contributed by atoms with E-state index in [0.717, 1.165) is 5.56 Å². The lowest BCUT2D eigenvalue weighted by molar-refractivity contribution is 0.186. The van der Waals surface area contributed by atoms with Gasteiger partial charge in [-0.15, -0.1) is 0 Å². The van der Waals surface area contributed by atoms with Gasteiger partial charge in [-0.1, -0.05) is 30.3 Å². The minimum Gasteiger partial charge on any atom is -0.385 e. The van der Waals surface area contributed by atoms with E-state index in [1.165, 1.54) is 4.57 Å². The SMILES string of the molecule is Cc1cccc2nc(C(C)O)n(-c3ccccc3)c(=O)c12. The van der Waals surface area contributed by atoms with Crippen LogP contribution in [0, 0.1) is 6.92 Å². The molecule has 4 heteroatoms. The zero-order valence-electron chi connectivity index (χ0n) is 11.9. The first kappa shape index (κ1) is 13.5. The van der Waals surface area contributed by atoms with Gasteiger partial charge < -0.3 is 5.11 Å². The van der Waals surface area contributed by atoms with Crippen LogP contribution < -0.4 is 5.56 Å². The van der Waals surface area contributed by atoms with Crippen LogP contribution in [0.25, 0.3) is 16.6 Å². The van der Waals surface area contributed by atoms with Gasteiger partial charge in [-0.05, 0) is 37.6 Å². The van der Waals surface area contributed by atoms with Crippen LogP contribution in [0.1, 0.15) is 24.4 Å². The summed E-state index contributed by atoms with van der Waals surface area (Å²) in [4.78, 5) is 17.4. The Balaban J connectivity index is 2.47. The van der Waals surface area contributed by atoms with Crippen molar-refractivity contribution in [2.24, 2.45) is 0 Å². The highest BCUT2D eigenvalue weighted by Gasteiger charge is 2.16. The van der Waals surface area contributed by atoms with E-state index in [-0.39, 0.29) is 5.56 Å². The number of rotatable bonds is 2. The molecule has 3 rings (SSSR count). The number of aliphatic hydroxyl groups is 1. The fourth-order valence-electron chi connectivity index (χ4n) is 2.52. The summed E-state index contributed by atoms with van der Waals surface area (Å²) < 4.78 is 1.49. The van der Waals surface area contributed by atoms with Gasteiger partial charge in [0, 0.05) is 0 Å². The van der Waals surface area contributed by atoms with E-state index in [4.69, 9.17) is 0 Å². The molecule has 1 unspecified atom stereocenters. The average molecular weight is 280 g/mol. The zero-order valence-corrected chi connectivity index (χ0v) is 11.9. The molecule has 0 bridgehead atoms. The van der Waals surface area contributed by atoms with Crippen molar-refractivity contribution in [1.82, 2.24) is 9.55 Å². The summed E-state index contributed by atoms with van der Waals surface area (Å²) in [6.45, 7) is 3.51. The summed E-state index contributed by atoms with van der Waals surface area (Å²) in [6, 6.07) is 14.8. The quantitative estimate of drug-likeness (QED) is 0.785. The summed E-state index contributed by atoms with van der Waals surface area (Å²) >= 11 is 0. The Labute approximate surface area is 122 Å². The van der Waals surface area contributed by atoms with E-state index in [1.807, 2.05) is 49.4 Å². The summed E-state index contributed by atoms with van der Waals surface area (Å²) in [6.07, 6.45) is -0.831. The molecular weight excluding hydrogens is 264 g/mol. The summed E-state index contributed by atoms with van der Waals surface area (Å²) in [5.41, 5.74) is 2.05. The molecule has 21 heavy (non-hydrogen) atoms. The smallest absolute Gasteiger partial charge is 0.266 e. The van der Waals surface area contributed by atoms with Gasteiger partial charge in [0.05, 0.1) is 16.6 Å². The summed E-state index contributed by atoms with van der Waals surface area (Å²) in [5.74, 6) is 0.351. The van der Waals surface area contributed by atoms with Crippen molar-refractivity contribution in [3.8, 4) is 5.69 Å². The highest BCUT2D eigenvalue weighted by molar-refractivity contribution is 5.81. The van der Waals surface area contributed by atoms with E-state index in [9.17, 15) is 9.90 Å². The molecule has 0 aliphatic carbocycles. The summed E-state index contributed by atoms with van der Waals surface area (Å²) in [7, 11) is 0. The molecule has 1 N–H and O–H groups in total. The molecule has 1 heterocycles. The third kappa shape index (κ3) is 2.23. The van der Waals surface area contributed by atoms with E-state index in [0.29, 0.717) is 22.4 Å². The molecule has 106 valence electrons. The van der Waals surface area contributed by atoms with Gasteiger partial charge in [-0.25, -0.2) is 4.98 Å². The third-order valence-corrected chi connectivity index (χ3v) is 3.52. The molecule has 0 saturated heterocycles. The Bertz CT molecular complexity index is 852. The maximum Gasteiger partial charge on any atom is 0.266 e. The highest BCUT2D eigenvalue weighted by Crippen LogP contribution is 2.19. The zero-order chi connectivity index (χ0) is 15.0. The second kappa shape index (κ2) is 5.14. The number of para-hydroxylation sites is 1. The van der Waals surface area contributed by atoms with Crippen molar-refractivity contribution in [3.05, 3.63) is 70.3 Å². The molecule has 0 spiro atoms. The maximum atomic E-state index is 12.9. The molecule has 2 aromatic carbocycles. The van der Waals surface area contributed by atoms with Crippen molar-refractivity contribution in [2.75, 3.05) is 0 Å². The molecule has 4 nitrogen and oxygen atoms in total. The van der Waals surface area contributed by atoms with Crippen molar-refractivity contribution in [2.45, 2.75) is 20.0 Å². The minimum absolute atomic E-state index is 0.153. The molecule has 1 atom stereocenters. The lowest BCUT2D eigenvalue weighted by Gasteiger charge is -2.16. The van der Waals surface area contributed by atoms with E-state index >= 15 is 0 Å². The molecule has 0 aliphatic rings. The van der Waals surface area contributed by atoms with Gasteiger partial charge in [0.25, 0.3) is 5.56 Å². The number of fused-ring (bicyclic) bond motifs is 1. The van der Waals surface area contributed by atoms with Crippen LogP contribution >= 0.6 is 0 Å². The Morgan fingerprint density at radius 3 is 2.48 bits per heavy atom. The fraction of sp³-hybridized carbons (Fsp3) is 0.176. The van der Waals surface area contributed by atoms with Crippen LogP contribution in [-0.4, -0.2) is 14.7 Å². The minimum atomic E-state index is -0.831. The van der Waals surface area contributed by atoms with Crippen molar-refractivity contribution in [1.29, 1.82) is 0 Å². The Kier molecular flexibility index (Phi) is 3.31. The Hall–Kier alpha value is -2.46. The number of aryl methyl sites for hydroxylation is 1. The second-order valence-electron chi connectivity index (χ2n) is 5.09. The molecule has 0 fully saturated rings. The van der Waals surface area contributed by atoms with Gasteiger partial charge in [0.15, 0.2) is 0 Å². The fourth-order valence-corrected chi connectivity index (χ4v) is 2.52. The van der Waals surface area contributed by atoms with Gasteiger partial charge in [0.2, 0.25) is 0 Å². The Morgan fingerprint density at radius 2 is 1.81 bits per heavy atom. The van der Waals surface area contributed by atoms with Gasteiger partial charge >= 0.3 is 0 Å². The molecule has 0 aliphatic heterocycles. The predicted molar refractivity (Wildman–Crippen MR) is 82.7 cm³/mol. The van der Waals surface area contributed by atoms with Crippen molar-refractivity contribution in [3.63, 3.8) is 0 Å². The van der Waals surface area contributed by atoms with Crippen LogP contribution in [-0.2, 0) is 0 Å². The first-order valence-corrected chi connectivity index (χ1v) is 6.85. The van der Waals surface area contributed by atoms with Crippen LogP contribution in [0.15, 0.2) is 53.3 Å². The van der Waals surface area contributed by atoms with Gasteiger partial charge in [-0.2, -0.15) is 0 Å². The normalized spacial score (nSPS) is 12.5. The standard InChI is InChI=1S/C17H16N2O2/c1-11-7-6-10-14-15(11)17(21)19(16(18-14)12(2)20)13-8-4-3-5-9-13/h3-10,12,20H,1-2H3. The number of hydrogen-bond acceptors (Lipinski definition) is 3. The summed E-state index contributed by atoms with van der Waals surface area (Å²) in [5, 5.41) is 10.6. The largest absolute Gasteiger partial charge is 0.385 e. The molecule has 0 radical (unpaired) electrons. The molecular formula is C17H16N2O2. The number of aromatic nitrogens is 2. The molecule has 3 aromatic rings. The van der Waals surface area contributed by atoms with Crippen LogP contribution in [0.4, 0.5) is 0 Å². The highest BCUT2D eigenvalue weighted by atomic mass is 16.3. The lowest BCUT2D eigenvalue weighted by Crippen LogP contribution is -2.25. The first-order chi connectivity index (χ1) is 10.1. The molecule has 1 aromatic heterocycles. The van der Waals surface area contributed by atoms with Gasteiger partial charge in [-0.3, -0.25) is 9.36 Å². The van der Waals surface area contributed by atoms with E-state index in [2.05, 4.69) is 4.98 Å². The van der Waals surface area contributed by atoms with Crippen molar-refractivity contribution >= 4 is 10.9 Å². The number of benzene rings is 2. The monoisotopic (exact) mass is 280 g/mol. The third-order valence-electron chi connectivity index (χ3n) is 3.52. The van der Waals surface area contributed by atoms with E-state index < -0.39 is 6.10 Å². The first-order valence-electron chi connectivity index (χ1n) is 6.85. The predicted octanol–water partition coefficient (Wildman–Crippen LogP) is 2.75. The van der Waals surface area contributed by atoms with Crippen LogP contribution in [0.2, 0.25) is 0 Å². The molecule has 0 amide bonds. The van der Waals surface area contributed by atoms with E-state index in [1.54, 1.807) is 13.0 Å². The van der Waals surface area contributed by atoms with Crippen molar-refractivity contribution < 1.29 is 5.11 Å². The van der Waals surface area contributed by atoms with Gasteiger partial charge in [0.1, 0.15) is 11.9 Å². The number of hydrogen-bond donors (Lipinski definition) is 1. The topological polar surface area (TPSA) is 55.1 Å². The maximum absolute atomic E-state index is 12.9. The Morgan fingerprint density at radius 1 is 1.10 bits per heavy atom. The average Bonchev–Trinajstić information content (AvgIpc) is 2.47. The van der Waals surface area contributed by atoms with Crippen LogP contribution in [0.5, 0.6) is 0 Å². The molecule has 0 saturated carbocycles. The second-order valence-corrected chi connectivity index (χ2v) is 5.09. The number of nitrogens with zero attached hydrogens (tertiary/aromatic N) is 2.